The van der Waals surface area contributed by atoms with Crippen LogP contribution in [0, 0.1) is 0 Å². The normalized spacial score (nSPS) is 11.1. The summed E-state index contributed by atoms with van der Waals surface area (Å²) in [6, 6.07) is 10.3. The van der Waals surface area contributed by atoms with Crippen LogP contribution in [0.5, 0.6) is 0 Å². The summed E-state index contributed by atoms with van der Waals surface area (Å²) in [5.74, 6) is 0. The Bertz CT molecular complexity index is 575. The fourth-order valence-electron chi connectivity index (χ4n) is 2.90. The third kappa shape index (κ3) is 4.66. The Labute approximate surface area is 128 Å². The lowest BCUT2D eigenvalue weighted by Crippen LogP contribution is -1.94. The van der Waals surface area contributed by atoms with E-state index >= 15 is 0 Å². The van der Waals surface area contributed by atoms with E-state index in [1.807, 2.05) is 12.1 Å². The van der Waals surface area contributed by atoms with Crippen molar-refractivity contribution in [2.75, 3.05) is 11.5 Å². The van der Waals surface area contributed by atoms with Crippen LogP contribution in [0.2, 0.25) is 0 Å². The number of fused-ring (bicyclic) bond motifs is 1. The second-order valence-corrected chi connectivity index (χ2v) is 6.04. The number of aryl methyl sites for hydroxylation is 1. The fourth-order valence-corrected chi connectivity index (χ4v) is 2.90. The van der Waals surface area contributed by atoms with Crippen LogP contribution in [0.3, 0.4) is 0 Å². The van der Waals surface area contributed by atoms with Gasteiger partial charge in [0.25, 0.3) is 0 Å². The highest BCUT2D eigenvalue weighted by Gasteiger charge is 2.02. The van der Waals surface area contributed by atoms with Gasteiger partial charge in [-0.1, -0.05) is 57.6 Å². The molecule has 0 aliphatic rings. The number of benzene rings is 2. The number of hydrogen-bond acceptors (Lipinski definition) is 2. The maximum atomic E-state index is 6.16. The van der Waals surface area contributed by atoms with Gasteiger partial charge in [0.05, 0.1) is 0 Å². The molecule has 4 N–H and O–H groups in total. The van der Waals surface area contributed by atoms with Gasteiger partial charge in [-0.15, -0.1) is 0 Å². The highest BCUT2D eigenvalue weighted by atomic mass is 14.6. The van der Waals surface area contributed by atoms with Crippen LogP contribution < -0.4 is 11.5 Å². The molecule has 0 unspecified atom stereocenters. The van der Waals surface area contributed by atoms with E-state index in [0.29, 0.717) is 0 Å². The zero-order valence-electron chi connectivity index (χ0n) is 13.2. The molecule has 2 nitrogen and oxygen atoms in total. The zero-order valence-corrected chi connectivity index (χ0v) is 13.2. The number of rotatable bonds is 8. The predicted molar refractivity (Wildman–Crippen MR) is 94.5 cm³/mol. The molecular formula is C19H28N2. The van der Waals surface area contributed by atoms with Crippen molar-refractivity contribution in [3.05, 3.63) is 35.9 Å². The summed E-state index contributed by atoms with van der Waals surface area (Å²) in [7, 11) is 0. The zero-order chi connectivity index (χ0) is 15.1. The second kappa shape index (κ2) is 7.92. The van der Waals surface area contributed by atoms with Crippen LogP contribution in [-0.2, 0) is 6.42 Å². The lowest BCUT2D eigenvalue weighted by atomic mass is 10.00. The molecule has 0 aliphatic carbocycles. The van der Waals surface area contributed by atoms with Gasteiger partial charge in [0, 0.05) is 16.8 Å². The summed E-state index contributed by atoms with van der Waals surface area (Å²) in [4.78, 5) is 0. The van der Waals surface area contributed by atoms with Crippen LogP contribution in [0.1, 0.15) is 57.4 Å². The van der Waals surface area contributed by atoms with Gasteiger partial charge < -0.3 is 11.5 Å². The Morgan fingerprint density at radius 3 is 2.29 bits per heavy atom. The van der Waals surface area contributed by atoms with Gasteiger partial charge in [-0.3, -0.25) is 0 Å². The quantitative estimate of drug-likeness (QED) is 0.510. The molecule has 0 saturated heterocycles. The molecule has 2 heteroatoms. The highest BCUT2D eigenvalue weighted by molar-refractivity contribution is 5.95. The Morgan fingerprint density at radius 1 is 0.810 bits per heavy atom. The average molecular weight is 284 g/mol. The first-order valence-electron chi connectivity index (χ1n) is 8.28. The predicted octanol–water partition coefficient (Wildman–Crippen LogP) is 5.30. The van der Waals surface area contributed by atoms with Gasteiger partial charge in [-0.25, -0.2) is 0 Å². The van der Waals surface area contributed by atoms with Gasteiger partial charge >= 0.3 is 0 Å². The van der Waals surface area contributed by atoms with Crippen molar-refractivity contribution in [2.45, 2.75) is 58.3 Å². The van der Waals surface area contributed by atoms with Crippen molar-refractivity contribution in [1.82, 2.24) is 0 Å². The minimum absolute atomic E-state index is 0.772. The molecule has 0 atom stereocenters. The molecule has 0 amide bonds. The van der Waals surface area contributed by atoms with Gasteiger partial charge in [-0.2, -0.15) is 0 Å². The van der Waals surface area contributed by atoms with Crippen molar-refractivity contribution in [2.24, 2.45) is 0 Å². The molecule has 2 aromatic carbocycles. The van der Waals surface area contributed by atoms with Crippen molar-refractivity contribution in [1.29, 1.82) is 0 Å². The highest BCUT2D eigenvalue weighted by Crippen LogP contribution is 2.26. The smallest absolute Gasteiger partial charge is 0.0397 e. The van der Waals surface area contributed by atoms with Crippen LogP contribution in [0.4, 0.5) is 11.4 Å². The number of nitrogens with two attached hydrogens (primary N) is 2. The number of hydrogen-bond donors (Lipinski definition) is 2. The fraction of sp³-hybridized carbons (Fsp3) is 0.474. The van der Waals surface area contributed by atoms with Gasteiger partial charge in [-0.05, 0) is 42.0 Å². The molecule has 114 valence electrons. The van der Waals surface area contributed by atoms with E-state index in [4.69, 9.17) is 11.5 Å². The van der Waals surface area contributed by atoms with E-state index in [9.17, 15) is 0 Å². The first-order chi connectivity index (χ1) is 10.2. The summed E-state index contributed by atoms with van der Waals surface area (Å²) in [5.41, 5.74) is 14.9. The molecule has 21 heavy (non-hydrogen) atoms. The Hall–Kier alpha value is -1.70. The minimum Gasteiger partial charge on any atom is -0.399 e. The molecule has 0 aliphatic heterocycles. The largest absolute Gasteiger partial charge is 0.399 e. The van der Waals surface area contributed by atoms with Crippen molar-refractivity contribution < 1.29 is 0 Å². The van der Waals surface area contributed by atoms with Gasteiger partial charge in [0.15, 0.2) is 0 Å². The van der Waals surface area contributed by atoms with Crippen LogP contribution in [0.15, 0.2) is 30.3 Å². The van der Waals surface area contributed by atoms with E-state index < -0.39 is 0 Å². The molecule has 0 bridgehead atoms. The third-order valence-corrected chi connectivity index (χ3v) is 4.14. The second-order valence-electron chi connectivity index (χ2n) is 6.04. The number of nitrogen functional groups attached to an aromatic ring is 2. The summed E-state index contributed by atoms with van der Waals surface area (Å²) in [6.07, 6.45) is 10.5. The van der Waals surface area contributed by atoms with E-state index in [0.717, 1.165) is 23.2 Å². The van der Waals surface area contributed by atoms with E-state index in [2.05, 4.69) is 25.1 Å². The summed E-state index contributed by atoms with van der Waals surface area (Å²) >= 11 is 0. The molecule has 0 fully saturated rings. The maximum absolute atomic E-state index is 6.16. The molecule has 2 rings (SSSR count). The Kier molecular flexibility index (Phi) is 5.91. The first kappa shape index (κ1) is 15.7. The average Bonchev–Trinajstić information content (AvgIpc) is 2.47. The summed E-state index contributed by atoms with van der Waals surface area (Å²) < 4.78 is 0. The van der Waals surface area contributed by atoms with E-state index in [-0.39, 0.29) is 0 Å². The van der Waals surface area contributed by atoms with Gasteiger partial charge in [0.2, 0.25) is 0 Å². The third-order valence-electron chi connectivity index (χ3n) is 4.14. The molecule has 0 aromatic heterocycles. The lowest BCUT2D eigenvalue weighted by Gasteiger charge is -2.08. The Balaban J connectivity index is 1.87. The molecule has 0 spiro atoms. The van der Waals surface area contributed by atoms with E-state index in [1.54, 1.807) is 0 Å². The molecule has 0 saturated carbocycles. The number of unbranched alkanes of at least 4 members (excludes halogenated alkanes) is 6. The van der Waals surface area contributed by atoms with E-state index in [1.165, 1.54) is 55.9 Å². The number of anilines is 2. The van der Waals surface area contributed by atoms with Crippen LogP contribution in [-0.4, -0.2) is 0 Å². The minimum atomic E-state index is 0.772. The topological polar surface area (TPSA) is 52.0 Å². The lowest BCUT2D eigenvalue weighted by molar-refractivity contribution is 0.589. The first-order valence-corrected chi connectivity index (χ1v) is 8.28. The Morgan fingerprint density at radius 2 is 1.52 bits per heavy atom. The van der Waals surface area contributed by atoms with Crippen molar-refractivity contribution in [3.8, 4) is 0 Å². The molecular weight excluding hydrogens is 256 g/mol. The summed E-state index contributed by atoms with van der Waals surface area (Å²) in [5, 5.41) is 2.26. The van der Waals surface area contributed by atoms with Crippen molar-refractivity contribution in [3.63, 3.8) is 0 Å². The van der Waals surface area contributed by atoms with Crippen LogP contribution >= 0.6 is 0 Å². The summed E-state index contributed by atoms with van der Waals surface area (Å²) in [6.45, 7) is 2.26. The molecule has 2 aromatic rings. The van der Waals surface area contributed by atoms with Gasteiger partial charge in [0.1, 0.15) is 0 Å². The maximum Gasteiger partial charge on any atom is 0.0397 e. The van der Waals surface area contributed by atoms with Crippen molar-refractivity contribution >= 4 is 22.1 Å². The standard InChI is InChI=1S/C19H28N2/c1-2-3-4-5-6-7-8-9-15-12-16-10-11-17(20)14-18(16)19(21)13-15/h10-14H,2-9,20-21H2,1H3. The monoisotopic (exact) mass is 284 g/mol. The molecule has 0 radical (unpaired) electrons. The van der Waals surface area contributed by atoms with Crippen LogP contribution in [0.25, 0.3) is 10.8 Å². The SMILES string of the molecule is CCCCCCCCCc1cc(N)c2cc(N)ccc2c1. The molecule has 0 heterocycles.